The fourth-order valence-electron chi connectivity index (χ4n) is 3.43. The molecule has 0 saturated carbocycles. The highest BCUT2D eigenvalue weighted by Gasteiger charge is 2.18. The zero-order valence-electron chi connectivity index (χ0n) is 13.7. The summed E-state index contributed by atoms with van der Waals surface area (Å²) in [7, 11) is 0. The Balaban J connectivity index is 2.23. The van der Waals surface area contributed by atoms with E-state index in [0.717, 1.165) is 32.9 Å². The summed E-state index contributed by atoms with van der Waals surface area (Å²) in [6, 6.07) is 16.0. The number of rotatable bonds is 2. The number of aryl methyl sites for hydroxylation is 1. The topological polar surface area (TPSA) is 56.7 Å². The quantitative estimate of drug-likeness (QED) is 0.340. The zero-order chi connectivity index (χ0) is 16.8. The molecule has 2 N–H and O–H groups in total. The van der Waals surface area contributed by atoms with E-state index in [-0.39, 0.29) is 5.97 Å². The Morgan fingerprint density at radius 2 is 1.71 bits per heavy atom. The smallest absolute Gasteiger partial charge is 0.339 e. The van der Waals surface area contributed by atoms with Crippen molar-refractivity contribution in [3.63, 3.8) is 0 Å². The summed E-state index contributed by atoms with van der Waals surface area (Å²) in [4.78, 5) is 12.3. The molecule has 0 bridgehead atoms. The van der Waals surface area contributed by atoms with Crippen LogP contribution in [0.3, 0.4) is 0 Å². The highest BCUT2D eigenvalue weighted by atomic mass is 16.5. The van der Waals surface area contributed by atoms with Gasteiger partial charge in [0.05, 0.1) is 23.2 Å². The molecule has 4 nitrogen and oxygen atoms in total. The Hall–Kier alpha value is -3.01. The second-order valence-corrected chi connectivity index (χ2v) is 5.91. The summed E-state index contributed by atoms with van der Waals surface area (Å²) >= 11 is 0. The van der Waals surface area contributed by atoms with Gasteiger partial charge < -0.3 is 14.9 Å². The maximum atomic E-state index is 12.3. The van der Waals surface area contributed by atoms with Crippen molar-refractivity contribution < 1.29 is 9.53 Å². The maximum Gasteiger partial charge on any atom is 0.339 e. The number of benzene rings is 2. The Morgan fingerprint density at radius 1 is 1.04 bits per heavy atom. The van der Waals surface area contributed by atoms with Gasteiger partial charge in [0.25, 0.3) is 0 Å². The van der Waals surface area contributed by atoms with Crippen LogP contribution in [0.5, 0.6) is 0 Å². The molecule has 0 atom stereocenters. The van der Waals surface area contributed by atoms with Gasteiger partial charge in [-0.2, -0.15) is 0 Å². The molecular formula is C20H18N2O2. The lowest BCUT2D eigenvalue weighted by Gasteiger charge is -2.11. The lowest BCUT2D eigenvalue weighted by molar-refractivity contribution is 0.0525. The monoisotopic (exact) mass is 318 g/mol. The predicted octanol–water partition coefficient (Wildman–Crippen LogP) is 4.31. The Kier molecular flexibility index (Phi) is 3.20. The SMILES string of the molecule is CCOC(=O)c1cc2c3ccccc3c3ccc(N)cc3n2c1C. The first-order valence-corrected chi connectivity index (χ1v) is 8.01. The minimum atomic E-state index is -0.292. The maximum absolute atomic E-state index is 12.3. The van der Waals surface area contributed by atoms with Crippen molar-refractivity contribution in [1.82, 2.24) is 4.40 Å². The molecule has 0 aliphatic rings. The zero-order valence-corrected chi connectivity index (χ0v) is 13.7. The standard InChI is InChI=1S/C20H18N2O2/c1-3-24-20(23)17-11-19-15-7-5-4-6-14(15)16-9-8-13(21)10-18(16)22(19)12(17)2/h4-11H,3,21H2,1-2H3. The molecule has 0 amide bonds. The van der Waals surface area contributed by atoms with E-state index in [9.17, 15) is 4.79 Å². The van der Waals surface area contributed by atoms with Crippen molar-refractivity contribution >= 4 is 38.8 Å². The number of anilines is 1. The van der Waals surface area contributed by atoms with Crippen LogP contribution in [-0.4, -0.2) is 17.0 Å². The number of nitrogens with two attached hydrogens (primary N) is 1. The van der Waals surface area contributed by atoms with Gasteiger partial charge in [-0.3, -0.25) is 0 Å². The normalized spacial score (nSPS) is 11.4. The first-order chi connectivity index (χ1) is 11.6. The first-order valence-electron chi connectivity index (χ1n) is 8.01. The molecule has 4 heteroatoms. The second-order valence-electron chi connectivity index (χ2n) is 5.91. The number of carbonyl (C=O) groups is 1. The molecule has 4 rings (SSSR count). The number of pyridine rings is 1. The number of nitrogens with zero attached hydrogens (tertiary/aromatic N) is 1. The largest absolute Gasteiger partial charge is 0.462 e. The molecular weight excluding hydrogens is 300 g/mol. The molecule has 0 aliphatic heterocycles. The lowest BCUT2D eigenvalue weighted by Crippen LogP contribution is -2.05. The van der Waals surface area contributed by atoms with E-state index >= 15 is 0 Å². The van der Waals surface area contributed by atoms with E-state index < -0.39 is 0 Å². The number of hydrogen-bond acceptors (Lipinski definition) is 3. The number of fused-ring (bicyclic) bond motifs is 6. The van der Waals surface area contributed by atoms with Crippen molar-refractivity contribution in [3.05, 3.63) is 59.8 Å². The van der Waals surface area contributed by atoms with Crippen molar-refractivity contribution in [1.29, 1.82) is 0 Å². The first kappa shape index (κ1) is 14.6. The van der Waals surface area contributed by atoms with Crippen LogP contribution in [0.1, 0.15) is 23.0 Å². The van der Waals surface area contributed by atoms with Crippen LogP contribution in [0.15, 0.2) is 48.5 Å². The number of esters is 1. The fraction of sp³-hybridized carbons (Fsp3) is 0.150. The number of hydrogen-bond donors (Lipinski definition) is 1. The minimum Gasteiger partial charge on any atom is -0.462 e. The van der Waals surface area contributed by atoms with Crippen LogP contribution in [-0.2, 0) is 4.74 Å². The number of carbonyl (C=O) groups excluding carboxylic acids is 1. The Labute approximate surface area is 139 Å². The third-order valence-corrected chi connectivity index (χ3v) is 4.50. The summed E-state index contributed by atoms with van der Waals surface area (Å²) in [5, 5.41) is 3.36. The van der Waals surface area contributed by atoms with E-state index in [1.165, 1.54) is 0 Å². The van der Waals surface area contributed by atoms with Crippen LogP contribution in [0.4, 0.5) is 5.69 Å². The molecule has 0 spiro atoms. The molecule has 0 radical (unpaired) electrons. The predicted molar refractivity (Wildman–Crippen MR) is 97.5 cm³/mol. The van der Waals surface area contributed by atoms with Crippen molar-refractivity contribution in [3.8, 4) is 0 Å². The summed E-state index contributed by atoms with van der Waals surface area (Å²) in [5.74, 6) is -0.292. The van der Waals surface area contributed by atoms with E-state index in [0.29, 0.717) is 17.9 Å². The summed E-state index contributed by atoms with van der Waals surface area (Å²) < 4.78 is 7.31. The molecule has 0 fully saturated rings. The molecule has 0 unspecified atom stereocenters. The molecule has 4 aromatic rings. The van der Waals surface area contributed by atoms with Gasteiger partial charge in [0.2, 0.25) is 0 Å². The van der Waals surface area contributed by atoms with Crippen LogP contribution >= 0.6 is 0 Å². The van der Waals surface area contributed by atoms with Gasteiger partial charge in [0.15, 0.2) is 0 Å². The number of aromatic nitrogens is 1. The van der Waals surface area contributed by atoms with Gasteiger partial charge >= 0.3 is 5.97 Å². The van der Waals surface area contributed by atoms with Crippen LogP contribution in [0.25, 0.3) is 27.2 Å². The number of nitrogen functional groups attached to an aromatic ring is 1. The lowest BCUT2D eigenvalue weighted by atomic mass is 10.0. The molecule has 120 valence electrons. The van der Waals surface area contributed by atoms with Crippen molar-refractivity contribution in [2.45, 2.75) is 13.8 Å². The Morgan fingerprint density at radius 3 is 2.46 bits per heavy atom. The van der Waals surface area contributed by atoms with E-state index in [1.54, 1.807) is 0 Å². The van der Waals surface area contributed by atoms with Crippen LogP contribution in [0, 0.1) is 6.92 Å². The summed E-state index contributed by atoms with van der Waals surface area (Å²) in [6.07, 6.45) is 0. The van der Waals surface area contributed by atoms with Crippen LogP contribution in [0.2, 0.25) is 0 Å². The van der Waals surface area contributed by atoms with E-state index in [1.807, 2.05) is 50.2 Å². The molecule has 24 heavy (non-hydrogen) atoms. The van der Waals surface area contributed by atoms with Gasteiger partial charge in [-0.05, 0) is 37.4 Å². The molecule has 2 heterocycles. The average Bonchev–Trinajstić information content (AvgIpc) is 2.93. The molecule has 2 aromatic carbocycles. The fourth-order valence-corrected chi connectivity index (χ4v) is 3.43. The summed E-state index contributed by atoms with van der Waals surface area (Å²) in [6.45, 7) is 4.12. The molecule has 2 aromatic heterocycles. The van der Waals surface area contributed by atoms with Gasteiger partial charge in [-0.15, -0.1) is 0 Å². The molecule has 0 aliphatic carbocycles. The highest BCUT2D eigenvalue weighted by Crippen LogP contribution is 2.33. The average molecular weight is 318 g/mol. The van der Waals surface area contributed by atoms with Crippen molar-refractivity contribution in [2.75, 3.05) is 12.3 Å². The van der Waals surface area contributed by atoms with E-state index in [2.05, 4.69) is 16.5 Å². The Bertz CT molecular complexity index is 1110. The van der Waals surface area contributed by atoms with Crippen molar-refractivity contribution in [2.24, 2.45) is 0 Å². The second kappa shape index (κ2) is 5.27. The third kappa shape index (κ3) is 1.96. The van der Waals surface area contributed by atoms with E-state index in [4.69, 9.17) is 10.5 Å². The minimum absolute atomic E-state index is 0.292. The van der Waals surface area contributed by atoms with Gasteiger partial charge in [0, 0.05) is 22.2 Å². The van der Waals surface area contributed by atoms with Gasteiger partial charge in [-0.1, -0.05) is 30.3 Å². The van der Waals surface area contributed by atoms with Gasteiger partial charge in [-0.25, -0.2) is 4.79 Å². The molecule has 0 saturated heterocycles. The van der Waals surface area contributed by atoms with Gasteiger partial charge in [0.1, 0.15) is 0 Å². The summed E-state index contributed by atoms with van der Waals surface area (Å²) in [5.41, 5.74) is 10.2. The highest BCUT2D eigenvalue weighted by molar-refractivity contribution is 6.14. The van der Waals surface area contributed by atoms with Crippen LogP contribution < -0.4 is 5.73 Å². The number of ether oxygens (including phenoxy) is 1. The third-order valence-electron chi connectivity index (χ3n) is 4.50.